The van der Waals surface area contributed by atoms with Crippen molar-refractivity contribution in [1.82, 2.24) is 3.94 Å². The zero-order valence-electron chi connectivity index (χ0n) is 7.94. The van der Waals surface area contributed by atoms with Crippen LogP contribution in [-0.2, 0) is 0 Å². The van der Waals surface area contributed by atoms with Crippen molar-refractivity contribution in [3.8, 4) is 0 Å². The molecule has 0 heterocycles. The average molecular weight is 218 g/mol. The Kier molecular flexibility index (Phi) is 4.24. The van der Waals surface area contributed by atoms with Gasteiger partial charge < -0.3 is 4.48 Å². The number of nitrogens with zero attached hydrogens (tertiary/aromatic N) is 2. The molecular weight excluding hydrogens is 202 g/mol. The highest BCUT2D eigenvalue weighted by molar-refractivity contribution is 6.34. The molecule has 0 aromatic carbocycles. The summed E-state index contributed by atoms with van der Waals surface area (Å²) >= 11 is 11.2. The van der Waals surface area contributed by atoms with Gasteiger partial charge in [0.05, 0.1) is 19.6 Å². The van der Waals surface area contributed by atoms with E-state index in [0.29, 0.717) is 6.54 Å². The van der Waals surface area contributed by atoms with Crippen molar-refractivity contribution in [3.63, 3.8) is 0 Å². The standard InChI is InChI=1S/C7H16Cl2FN2/c1-7(2,11(8)9)5-12(3,4)6-10/h5-6H2,1-4H3/q+1. The molecule has 5 heteroatoms. The van der Waals surface area contributed by atoms with Gasteiger partial charge in [-0.1, -0.05) is 0 Å². The Hall–Kier alpha value is 0.430. The van der Waals surface area contributed by atoms with Crippen LogP contribution in [0.25, 0.3) is 0 Å². The van der Waals surface area contributed by atoms with E-state index in [2.05, 4.69) is 0 Å². The number of quaternary nitrogens is 1. The topological polar surface area (TPSA) is 3.24 Å². The van der Waals surface area contributed by atoms with Crippen LogP contribution in [0, 0.1) is 0 Å². The number of rotatable bonds is 4. The Morgan fingerprint density at radius 1 is 1.33 bits per heavy atom. The van der Waals surface area contributed by atoms with E-state index in [0.717, 1.165) is 3.94 Å². The third-order valence-corrected chi connectivity index (χ3v) is 2.51. The third kappa shape index (κ3) is 3.90. The number of alkyl halides is 1. The van der Waals surface area contributed by atoms with E-state index >= 15 is 0 Å². The molecule has 0 rings (SSSR count). The first-order valence-electron chi connectivity index (χ1n) is 3.71. The Labute approximate surface area is 83.7 Å². The molecule has 74 valence electrons. The predicted octanol–water partition coefficient (Wildman–Crippen LogP) is 2.38. The summed E-state index contributed by atoms with van der Waals surface area (Å²) in [6.45, 7) is 3.85. The van der Waals surface area contributed by atoms with Gasteiger partial charge in [-0.3, -0.25) is 0 Å². The fourth-order valence-corrected chi connectivity index (χ4v) is 1.25. The fourth-order valence-electron chi connectivity index (χ4n) is 1.14. The summed E-state index contributed by atoms with van der Waals surface area (Å²) in [5, 5.41) is 0. The van der Waals surface area contributed by atoms with E-state index in [4.69, 9.17) is 23.6 Å². The number of hydrogen-bond acceptors (Lipinski definition) is 1. The summed E-state index contributed by atoms with van der Waals surface area (Å²) in [6, 6.07) is 0. The van der Waals surface area contributed by atoms with Crippen molar-refractivity contribution in [1.29, 1.82) is 0 Å². The highest BCUT2D eigenvalue weighted by Gasteiger charge is 2.33. The van der Waals surface area contributed by atoms with Crippen molar-refractivity contribution in [2.24, 2.45) is 0 Å². The number of hydrogen-bond donors (Lipinski definition) is 0. The van der Waals surface area contributed by atoms with Gasteiger partial charge in [-0.2, -0.15) is 4.39 Å². The maximum atomic E-state index is 12.4. The minimum Gasteiger partial charge on any atom is -0.300 e. The molecule has 0 aromatic rings. The van der Waals surface area contributed by atoms with Crippen molar-refractivity contribution in [3.05, 3.63) is 0 Å². The Bertz CT molecular complexity index is 148. The molecule has 0 N–H and O–H groups in total. The average Bonchev–Trinajstić information content (AvgIpc) is 1.85. The lowest BCUT2D eigenvalue weighted by molar-refractivity contribution is -0.906. The predicted molar refractivity (Wildman–Crippen MR) is 50.6 cm³/mol. The Morgan fingerprint density at radius 2 is 1.75 bits per heavy atom. The van der Waals surface area contributed by atoms with E-state index in [-0.39, 0.29) is 4.48 Å². The SMILES string of the molecule is CC(C)(C[N+](C)(C)CF)N(Cl)Cl. The van der Waals surface area contributed by atoms with Crippen LogP contribution in [0.3, 0.4) is 0 Å². The second kappa shape index (κ2) is 4.09. The normalized spacial score (nSPS) is 14.0. The van der Waals surface area contributed by atoms with E-state index in [1.165, 1.54) is 0 Å². The van der Waals surface area contributed by atoms with Crippen molar-refractivity contribution < 1.29 is 8.87 Å². The summed E-state index contributed by atoms with van der Waals surface area (Å²) in [7, 11) is 3.58. The van der Waals surface area contributed by atoms with Crippen LogP contribution in [0.15, 0.2) is 0 Å². The Morgan fingerprint density at radius 3 is 2.00 bits per heavy atom. The molecule has 12 heavy (non-hydrogen) atoms. The van der Waals surface area contributed by atoms with Crippen LogP contribution in [0.1, 0.15) is 13.8 Å². The number of halogens is 3. The first kappa shape index (κ1) is 12.4. The van der Waals surface area contributed by atoms with Gasteiger partial charge in [-0.05, 0) is 37.4 Å². The van der Waals surface area contributed by atoms with Gasteiger partial charge in [-0.15, -0.1) is 3.94 Å². The van der Waals surface area contributed by atoms with E-state index in [1.54, 1.807) is 14.1 Å². The van der Waals surface area contributed by atoms with Crippen molar-refractivity contribution in [2.75, 3.05) is 27.4 Å². The highest BCUT2D eigenvalue weighted by Crippen LogP contribution is 2.22. The zero-order chi connectivity index (χ0) is 9.99. The maximum absolute atomic E-state index is 12.4. The van der Waals surface area contributed by atoms with Crippen LogP contribution in [-0.4, -0.2) is 41.4 Å². The quantitative estimate of drug-likeness (QED) is 0.398. The van der Waals surface area contributed by atoms with Gasteiger partial charge in [0.15, 0.2) is 0 Å². The molecule has 0 saturated heterocycles. The third-order valence-electron chi connectivity index (χ3n) is 1.60. The molecule has 0 fully saturated rings. The minimum absolute atomic E-state index is 0.253. The van der Waals surface area contributed by atoms with Crippen molar-refractivity contribution >= 4 is 23.6 Å². The summed E-state index contributed by atoms with van der Waals surface area (Å²) in [5.41, 5.74) is -0.418. The number of likely N-dealkylation sites (N-methyl/N-ethyl adjacent to an activating group) is 1. The fraction of sp³-hybridized carbons (Fsp3) is 1.00. The molecule has 0 unspecified atom stereocenters. The molecule has 0 atom stereocenters. The van der Waals surface area contributed by atoms with Gasteiger partial charge in [-0.25, -0.2) is 0 Å². The Balaban J connectivity index is 4.23. The van der Waals surface area contributed by atoms with Crippen LogP contribution >= 0.6 is 23.6 Å². The summed E-state index contributed by atoms with van der Waals surface area (Å²) in [4.78, 5) is 0. The smallest absolute Gasteiger partial charge is 0.221 e. The monoisotopic (exact) mass is 217 g/mol. The molecule has 0 amide bonds. The maximum Gasteiger partial charge on any atom is 0.221 e. The van der Waals surface area contributed by atoms with Crippen LogP contribution < -0.4 is 0 Å². The van der Waals surface area contributed by atoms with Gasteiger partial charge in [0.25, 0.3) is 0 Å². The molecule has 0 spiro atoms. The molecule has 0 aromatic heterocycles. The van der Waals surface area contributed by atoms with Gasteiger partial charge in [0.2, 0.25) is 6.80 Å². The highest BCUT2D eigenvalue weighted by atomic mass is 35.5. The lowest BCUT2D eigenvalue weighted by Crippen LogP contribution is -2.52. The largest absolute Gasteiger partial charge is 0.300 e. The van der Waals surface area contributed by atoms with Gasteiger partial charge in [0, 0.05) is 0 Å². The summed E-state index contributed by atoms with van der Waals surface area (Å²) < 4.78 is 13.8. The van der Waals surface area contributed by atoms with Gasteiger partial charge in [0.1, 0.15) is 6.54 Å². The van der Waals surface area contributed by atoms with E-state index in [1.807, 2.05) is 13.8 Å². The first-order chi connectivity index (χ1) is 5.21. The molecule has 0 aliphatic carbocycles. The van der Waals surface area contributed by atoms with E-state index in [9.17, 15) is 4.39 Å². The molecular formula is C7H16Cl2FN2+. The molecule has 2 nitrogen and oxygen atoms in total. The van der Waals surface area contributed by atoms with Crippen LogP contribution in [0.4, 0.5) is 4.39 Å². The molecule has 0 radical (unpaired) electrons. The molecule has 0 saturated carbocycles. The molecule has 0 aliphatic heterocycles. The first-order valence-corrected chi connectivity index (χ1v) is 4.39. The minimum atomic E-state index is -0.426. The van der Waals surface area contributed by atoms with E-state index < -0.39 is 12.3 Å². The lowest BCUT2D eigenvalue weighted by Gasteiger charge is -2.36. The second-order valence-corrected chi connectivity index (χ2v) is 5.11. The zero-order valence-corrected chi connectivity index (χ0v) is 9.45. The van der Waals surface area contributed by atoms with Crippen molar-refractivity contribution in [2.45, 2.75) is 19.4 Å². The van der Waals surface area contributed by atoms with Gasteiger partial charge >= 0.3 is 0 Å². The summed E-state index contributed by atoms with van der Waals surface area (Å²) in [5.74, 6) is 0. The summed E-state index contributed by atoms with van der Waals surface area (Å²) in [6.07, 6.45) is 0. The van der Waals surface area contributed by atoms with Crippen LogP contribution in [0.2, 0.25) is 0 Å². The molecule has 0 bridgehead atoms. The molecule has 0 aliphatic rings. The second-order valence-electron chi connectivity index (χ2n) is 4.26. The van der Waals surface area contributed by atoms with Crippen LogP contribution in [0.5, 0.6) is 0 Å². The lowest BCUT2D eigenvalue weighted by atomic mass is 10.1.